The highest BCUT2D eigenvalue weighted by Gasteiger charge is 2.29. The Bertz CT molecular complexity index is 1050. The van der Waals surface area contributed by atoms with Gasteiger partial charge in [0.25, 0.3) is 0 Å². The standard InChI is InChI=1S/C17H18ClFN2O4S2/c1-26(22,23)15-6-7-17(16(19)12-15)20-8-10-21(11-9-20)27(24,25)14-4-2-13(18)3-5-14/h2-7,12H,8-11H2,1H3. The first-order valence-corrected chi connectivity index (χ1v) is 11.8. The van der Waals surface area contributed by atoms with Gasteiger partial charge in [0.2, 0.25) is 10.0 Å². The molecule has 2 aromatic rings. The molecule has 1 heterocycles. The van der Waals surface area contributed by atoms with E-state index in [0.29, 0.717) is 18.1 Å². The average molecular weight is 433 g/mol. The summed E-state index contributed by atoms with van der Waals surface area (Å²) in [6, 6.07) is 9.69. The van der Waals surface area contributed by atoms with Crippen LogP contribution in [0.5, 0.6) is 0 Å². The van der Waals surface area contributed by atoms with Gasteiger partial charge < -0.3 is 4.90 Å². The van der Waals surface area contributed by atoms with Crippen molar-refractivity contribution in [3.05, 3.63) is 53.3 Å². The fraction of sp³-hybridized carbons (Fsp3) is 0.294. The van der Waals surface area contributed by atoms with Crippen molar-refractivity contribution >= 4 is 37.1 Å². The van der Waals surface area contributed by atoms with Crippen LogP contribution in [0.15, 0.2) is 52.3 Å². The molecule has 0 radical (unpaired) electrons. The topological polar surface area (TPSA) is 74.8 Å². The minimum absolute atomic E-state index is 0.0901. The van der Waals surface area contributed by atoms with E-state index in [1.807, 2.05) is 0 Å². The van der Waals surface area contributed by atoms with Gasteiger partial charge in [-0.3, -0.25) is 0 Å². The van der Waals surface area contributed by atoms with Crippen molar-refractivity contribution in [3.8, 4) is 0 Å². The number of hydrogen-bond acceptors (Lipinski definition) is 5. The normalized spacial score (nSPS) is 16.5. The molecule has 0 N–H and O–H groups in total. The van der Waals surface area contributed by atoms with E-state index in [1.54, 1.807) is 4.90 Å². The summed E-state index contributed by atoms with van der Waals surface area (Å²) >= 11 is 5.80. The third kappa shape index (κ3) is 4.26. The molecule has 1 aliphatic rings. The van der Waals surface area contributed by atoms with Gasteiger partial charge in [0.1, 0.15) is 5.82 Å². The van der Waals surface area contributed by atoms with Gasteiger partial charge >= 0.3 is 0 Å². The zero-order valence-electron chi connectivity index (χ0n) is 14.5. The Morgan fingerprint density at radius 3 is 1.96 bits per heavy atom. The highest BCUT2D eigenvalue weighted by molar-refractivity contribution is 7.90. The second-order valence-corrected chi connectivity index (χ2v) is 10.6. The van der Waals surface area contributed by atoms with Gasteiger partial charge in [-0.05, 0) is 42.5 Å². The van der Waals surface area contributed by atoms with Crippen LogP contribution in [0.1, 0.15) is 0 Å². The smallest absolute Gasteiger partial charge is 0.243 e. The number of sulfonamides is 1. The zero-order chi connectivity index (χ0) is 19.8. The lowest BCUT2D eigenvalue weighted by Crippen LogP contribution is -2.48. The van der Waals surface area contributed by atoms with E-state index in [0.717, 1.165) is 12.3 Å². The summed E-state index contributed by atoms with van der Waals surface area (Å²) in [7, 11) is -7.14. The third-order valence-corrected chi connectivity index (χ3v) is 7.65. The molecule has 3 rings (SSSR count). The van der Waals surface area contributed by atoms with Crippen LogP contribution in [0.2, 0.25) is 5.02 Å². The Hall–Kier alpha value is -1.68. The van der Waals surface area contributed by atoms with Crippen LogP contribution in [-0.4, -0.2) is 53.6 Å². The van der Waals surface area contributed by atoms with Crippen molar-refractivity contribution in [1.82, 2.24) is 4.31 Å². The molecule has 0 bridgehead atoms. The Kier molecular flexibility index (Phi) is 5.49. The third-order valence-electron chi connectivity index (χ3n) is 4.38. The summed E-state index contributed by atoms with van der Waals surface area (Å²) in [5.41, 5.74) is 0.256. The quantitative estimate of drug-likeness (QED) is 0.741. The van der Waals surface area contributed by atoms with E-state index in [9.17, 15) is 21.2 Å². The Morgan fingerprint density at radius 2 is 1.44 bits per heavy atom. The van der Waals surface area contributed by atoms with Gasteiger partial charge in [-0.1, -0.05) is 11.6 Å². The van der Waals surface area contributed by atoms with E-state index < -0.39 is 25.7 Å². The van der Waals surface area contributed by atoms with Crippen molar-refractivity contribution in [2.24, 2.45) is 0 Å². The van der Waals surface area contributed by atoms with E-state index in [2.05, 4.69) is 0 Å². The number of benzene rings is 2. The number of anilines is 1. The minimum atomic E-state index is -3.65. The Morgan fingerprint density at radius 1 is 0.889 bits per heavy atom. The summed E-state index contributed by atoms with van der Waals surface area (Å²) in [5.74, 6) is -0.646. The predicted molar refractivity (Wildman–Crippen MR) is 102 cm³/mol. The van der Waals surface area contributed by atoms with Crippen molar-refractivity contribution < 1.29 is 21.2 Å². The van der Waals surface area contributed by atoms with Gasteiger partial charge in [-0.2, -0.15) is 4.31 Å². The van der Waals surface area contributed by atoms with Crippen LogP contribution in [0, 0.1) is 5.82 Å². The minimum Gasteiger partial charge on any atom is -0.367 e. The van der Waals surface area contributed by atoms with Crippen LogP contribution >= 0.6 is 11.6 Å². The average Bonchev–Trinajstić information content (AvgIpc) is 2.61. The van der Waals surface area contributed by atoms with Gasteiger partial charge in [-0.25, -0.2) is 21.2 Å². The molecule has 1 aliphatic heterocycles. The van der Waals surface area contributed by atoms with E-state index in [-0.39, 0.29) is 28.6 Å². The van der Waals surface area contributed by atoms with Gasteiger partial charge in [0, 0.05) is 37.5 Å². The molecule has 10 heteroatoms. The summed E-state index contributed by atoms with van der Waals surface area (Å²) in [6.45, 7) is 0.973. The predicted octanol–water partition coefficient (Wildman–Crippen LogP) is 2.39. The lowest BCUT2D eigenvalue weighted by molar-refractivity contribution is 0.383. The molecule has 27 heavy (non-hydrogen) atoms. The largest absolute Gasteiger partial charge is 0.367 e. The number of halogens is 2. The van der Waals surface area contributed by atoms with Crippen molar-refractivity contribution in [3.63, 3.8) is 0 Å². The van der Waals surface area contributed by atoms with Crippen molar-refractivity contribution in [1.29, 1.82) is 0 Å². The molecule has 1 fully saturated rings. The molecule has 6 nitrogen and oxygen atoms in total. The zero-order valence-corrected chi connectivity index (χ0v) is 16.9. The lowest BCUT2D eigenvalue weighted by Gasteiger charge is -2.35. The van der Waals surface area contributed by atoms with Gasteiger partial charge in [0.15, 0.2) is 9.84 Å². The molecule has 2 aromatic carbocycles. The summed E-state index contributed by atoms with van der Waals surface area (Å²) in [4.78, 5) is 1.77. The maximum atomic E-state index is 14.3. The maximum absolute atomic E-state index is 14.3. The molecule has 1 saturated heterocycles. The highest BCUT2D eigenvalue weighted by Crippen LogP contribution is 2.26. The first-order chi connectivity index (χ1) is 12.6. The molecule has 0 atom stereocenters. The van der Waals surface area contributed by atoms with Crippen LogP contribution < -0.4 is 4.90 Å². The van der Waals surface area contributed by atoms with Crippen molar-refractivity contribution in [2.45, 2.75) is 9.79 Å². The molecule has 0 saturated carbocycles. The molecule has 0 unspecified atom stereocenters. The van der Waals surface area contributed by atoms with Crippen LogP contribution in [-0.2, 0) is 19.9 Å². The van der Waals surface area contributed by atoms with Crippen LogP contribution in [0.3, 0.4) is 0 Å². The maximum Gasteiger partial charge on any atom is 0.243 e. The Labute approximate surface area is 163 Å². The van der Waals surface area contributed by atoms with E-state index >= 15 is 0 Å². The summed E-state index contributed by atoms with van der Waals surface area (Å²) < 4.78 is 64.1. The first kappa shape index (κ1) is 20.1. The second kappa shape index (κ2) is 7.38. The van der Waals surface area contributed by atoms with Crippen LogP contribution in [0.25, 0.3) is 0 Å². The molecule has 0 amide bonds. The number of rotatable bonds is 4. The molecular weight excluding hydrogens is 415 g/mol. The summed E-state index contributed by atoms with van der Waals surface area (Å²) in [5, 5.41) is 0.451. The molecular formula is C17H18ClFN2O4S2. The Balaban J connectivity index is 1.75. The fourth-order valence-electron chi connectivity index (χ4n) is 2.90. The second-order valence-electron chi connectivity index (χ2n) is 6.23. The van der Waals surface area contributed by atoms with Gasteiger partial charge in [0.05, 0.1) is 15.5 Å². The molecule has 0 aliphatic carbocycles. The van der Waals surface area contributed by atoms with Crippen LogP contribution in [0.4, 0.5) is 10.1 Å². The fourth-order valence-corrected chi connectivity index (χ4v) is 5.08. The first-order valence-electron chi connectivity index (χ1n) is 8.09. The summed E-state index contributed by atoms with van der Waals surface area (Å²) in [6.07, 6.45) is 1.02. The monoisotopic (exact) mass is 432 g/mol. The number of nitrogens with zero attached hydrogens (tertiary/aromatic N) is 2. The lowest BCUT2D eigenvalue weighted by atomic mass is 10.2. The van der Waals surface area contributed by atoms with E-state index in [1.165, 1.54) is 40.7 Å². The van der Waals surface area contributed by atoms with Gasteiger partial charge in [-0.15, -0.1) is 0 Å². The number of sulfone groups is 1. The number of piperazine rings is 1. The molecule has 0 aromatic heterocycles. The number of hydrogen-bond donors (Lipinski definition) is 0. The van der Waals surface area contributed by atoms with E-state index in [4.69, 9.17) is 11.6 Å². The SMILES string of the molecule is CS(=O)(=O)c1ccc(N2CCN(S(=O)(=O)c3ccc(Cl)cc3)CC2)c(F)c1. The van der Waals surface area contributed by atoms with Crippen molar-refractivity contribution in [2.75, 3.05) is 37.3 Å². The molecule has 0 spiro atoms. The highest BCUT2D eigenvalue weighted by atomic mass is 35.5. The molecule has 146 valence electrons.